The molecule has 4 nitrogen and oxygen atoms in total. The van der Waals surface area contributed by atoms with Crippen LogP contribution in [0, 0.1) is 6.92 Å². The van der Waals surface area contributed by atoms with Crippen molar-refractivity contribution in [2.24, 2.45) is 0 Å². The smallest absolute Gasteiger partial charge is 0.355 e. The van der Waals surface area contributed by atoms with E-state index in [4.69, 9.17) is 4.74 Å². The Labute approximate surface area is 182 Å². The molecule has 0 saturated carbocycles. The summed E-state index contributed by atoms with van der Waals surface area (Å²) in [5.41, 5.74) is 3.62. The van der Waals surface area contributed by atoms with Gasteiger partial charge in [-0.15, -0.1) is 0 Å². The first-order valence-corrected chi connectivity index (χ1v) is 10.3. The van der Waals surface area contributed by atoms with E-state index < -0.39 is 5.97 Å². The molecule has 4 aromatic rings. The molecule has 0 aliphatic rings. The van der Waals surface area contributed by atoms with E-state index in [0.29, 0.717) is 16.3 Å². The molecule has 0 aliphatic heterocycles. The number of nitrogens with zero attached hydrogens (tertiary/aromatic N) is 1. The Morgan fingerprint density at radius 3 is 2.33 bits per heavy atom. The van der Waals surface area contributed by atoms with Gasteiger partial charge in [0.15, 0.2) is 0 Å². The molecule has 0 amide bonds. The van der Waals surface area contributed by atoms with Crippen molar-refractivity contribution in [2.75, 3.05) is 7.11 Å². The molecule has 4 rings (SSSR count). The third kappa shape index (κ3) is 3.68. The number of aromatic nitrogens is 1. The Hall–Kier alpha value is -3.18. The van der Waals surface area contributed by atoms with Crippen molar-refractivity contribution in [3.63, 3.8) is 0 Å². The molecular formula is C25H20BrNO3. The topological polar surface area (TPSA) is 48.3 Å². The van der Waals surface area contributed by atoms with Crippen molar-refractivity contribution in [1.29, 1.82) is 0 Å². The zero-order valence-electron chi connectivity index (χ0n) is 16.7. The molecule has 150 valence electrons. The van der Waals surface area contributed by atoms with Gasteiger partial charge in [-0.1, -0.05) is 76.1 Å². The van der Waals surface area contributed by atoms with E-state index in [1.54, 1.807) is 6.07 Å². The minimum absolute atomic E-state index is 0.224. The number of rotatable bonds is 4. The lowest BCUT2D eigenvalue weighted by Crippen LogP contribution is -2.28. The Morgan fingerprint density at radius 2 is 1.67 bits per heavy atom. The molecule has 1 aromatic heterocycles. The quantitative estimate of drug-likeness (QED) is 0.373. The molecule has 1 heterocycles. The molecule has 0 aliphatic carbocycles. The minimum atomic E-state index is -0.542. The van der Waals surface area contributed by atoms with Crippen LogP contribution in [0.2, 0.25) is 0 Å². The molecule has 0 unspecified atom stereocenters. The zero-order chi connectivity index (χ0) is 21.3. The Kier molecular flexibility index (Phi) is 5.55. The first kappa shape index (κ1) is 20.1. The largest absolute Gasteiger partial charge is 0.464 e. The third-order valence-electron chi connectivity index (χ3n) is 5.14. The average Bonchev–Trinajstić information content (AvgIpc) is 2.76. The van der Waals surface area contributed by atoms with Crippen LogP contribution in [0.5, 0.6) is 0 Å². The second-order valence-electron chi connectivity index (χ2n) is 7.15. The van der Waals surface area contributed by atoms with Crippen LogP contribution in [0.1, 0.15) is 21.6 Å². The van der Waals surface area contributed by atoms with Gasteiger partial charge >= 0.3 is 5.97 Å². The van der Waals surface area contributed by atoms with Crippen LogP contribution >= 0.6 is 15.9 Å². The summed E-state index contributed by atoms with van der Waals surface area (Å²) in [4.78, 5) is 26.4. The SMILES string of the molecule is COC(=O)c1c(-c2ccccc2)c2cc(Br)ccc2c(=O)n1Cc1ccc(C)cc1. The monoisotopic (exact) mass is 461 g/mol. The molecule has 0 saturated heterocycles. The number of hydrogen-bond acceptors (Lipinski definition) is 3. The van der Waals surface area contributed by atoms with Gasteiger partial charge in [-0.3, -0.25) is 9.36 Å². The highest BCUT2D eigenvalue weighted by Gasteiger charge is 2.24. The molecule has 3 aromatic carbocycles. The fraction of sp³-hybridized carbons (Fsp3) is 0.120. The van der Waals surface area contributed by atoms with E-state index in [0.717, 1.165) is 21.2 Å². The molecule has 0 N–H and O–H groups in total. The average molecular weight is 462 g/mol. The lowest BCUT2D eigenvalue weighted by molar-refractivity contribution is 0.0588. The maximum atomic E-state index is 13.5. The molecule has 0 fully saturated rings. The highest BCUT2D eigenvalue weighted by molar-refractivity contribution is 9.10. The van der Waals surface area contributed by atoms with E-state index in [1.807, 2.05) is 73.7 Å². The second kappa shape index (κ2) is 8.28. The normalized spacial score (nSPS) is 10.9. The first-order chi connectivity index (χ1) is 14.5. The number of esters is 1. The van der Waals surface area contributed by atoms with Crippen molar-refractivity contribution in [3.8, 4) is 11.1 Å². The lowest BCUT2D eigenvalue weighted by atomic mass is 9.96. The van der Waals surface area contributed by atoms with Gasteiger partial charge in [0.1, 0.15) is 5.69 Å². The van der Waals surface area contributed by atoms with Crippen molar-refractivity contribution in [1.82, 2.24) is 4.57 Å². The summed E-state index contributed by atoms with van der Waals surface area (Å²) < 4.78 is 7.47. The number of methoxy groups -OCH3 is 1. The maximum Gasteiger partial charge on any atom is 0.355 e. The van der Waals surface area contributed by atoms with Crippen LogP contribution in [-0.2, 0) is 11.3 Å². The predicted molar refractivity (Wildman–Crippen MR) is 123 cm³/mol. The Morgan fingerprint density at radius 1 is 0.967 bits per heavy atom. The van der Waals surface area contributed by atoms with Crippen LogP contribution in [0.4, 0.5) is 0 Å². The second-order valence-corrected chi connectivity index (χ2v) is 8.06. The molecule has 30 heavy (non-hydrogen) atoms. The van der Waals surface area contributed by atoms with Crippen molar-refractivity contribution in [2.45, 2.75) is 13.5 Å². The minimum Gasteiger partial charge on any atom is -0.464 e. The number of carbonyl (C=O) groups excluding carboxylic acids is 1. The van der Waals surface area contributed by atoms with Gasteiger partial charge in [0.25, 0.3) is 5.56 Å². The van der Waals surface area contributed by atoms with Gasteiger partial charge in [0.05, 0.1) is 13.7 Å². The highest BCUT2D eigenvalue weighted by Crippen LogP contribution is 2.33. The first-order valence-electron chi connectivity index (χ1n) is 9.55. The van der Waals surface area contributed by atoms with Crippen molar-refractivity contribution >= 4 is 32.7 Å². The fourth-order valence-corrected chi connectivity index (χ4v) is 4.01. The molecule has 0 atom stereocenters. The summed E-state index contributed by atoms with van der Waals surface area (Å²) >= 11 is 3.50. The molecular weight excluding hydrogens is 442 g/mol. The van der Waals surface area contributed by atoms with Gasteiger partial charge in [-0.05, 0) is 41.6 Å². The Balaban J connectivity index is 2.11. The maximum absolute atomic E-state index is 13.5. The van der Waals surface area contributed by atoms with E-state index in [-0.39, 0.29) is 17.8 Å². The number of hydrogen-bond donors (Lipinski definition) is 0. The molecule has 0 spiro atoms. The van der Waals surface area contributed by atoms with Crippen LogP contribution in [0.3, 0.4) is 0 Å². The van der Waals surface area contributed by atoms with E-state index in [1.165, 1.54) is 11.7 Å². The summed E-state index contributed by atoms with van der Waals surface area (Å²) in [7, 11) is 1.34. The number of halogens is 1. The lowest BCUT2D eigenvalue weighted by Gasteiger charge is -2.19. The number of carbonyl (C=O) groups is 1. The summed E-state index contributed by atoms with van der Waals surface area (Å²) in [6.07, 6.45) is 0. The number of benzene rings is 3. The van der Waals surface area contributed by atoms with Crippen molar-refractivity contribution < 1.29 is 9.53 Å². The predicted octanol–water partition coefficient (Wildman–Crippen LogP) is 5.57. The third-order valence-corrected chi connectivity index (χ3v) is 5.63. The number of pyridine rings is 1. The summed E-state index contributed by atoms with van der Waals surface area (Å²) in [6, 6.07) is 23.0. The summed E-state index contributed by atoms with van der Waals surface area (Å²) in [5.74, 6) is -0.542. The molecule has 0 radical (unpaired) electrons. The number of ether oxygens (including phenoxy) is 1. The Bertz CT molecular complexity index is 1290. The zero-order valence-corrected chi connectivity index (χ0v) is 18.3. The van der Waals surface area contributed by atoms with Crippen LogP contribution in [0.25, 0.3) is 21.9 Å². The van der Waals surface area contributed by atoms with Gasteiger partial charge in [0.2, 0.25) is 0 Å². The summed E-state index contributed by atoms with van der Waals surface area (Å²) in [5, 5.41) is 1.26. The van der Waals surface area contributed by atoms with Gasteiger partial charge in [0, 0.05) is 15.4 Å². The summed E-state index contributed by atoms with van der Waals surface area (Å²) in [6.45, 7) is 2.28. The van der Waals surface area contributed by atoms with Crippen LogP contribution in [-0.4, -0.2) is 17.6 Å². The fourth-order valence-electron chi connectivity index (χ4n) is 3.65. The standard InChI is InChI=1S/C25H20BrNO3/c1-16-8-10-17(11-9-16)15-27-23(25(29)30-2)22(18-6-4-3-5-7-18)21-14-19(26)12-13-20(21)24(27)28/h3-14H,15H2,1-2H3. The van der Waals surface area contributed by atoms with Crippen LogP contribution < -0.4 is 5.56 Å². The van der Waals surface area contributed by atoms with Gasteiger partial charge in [-0.25, -0.2) is 4.79 Å². The highest BCUT2D eigenvalue weighted by atomic mass is 79.9. The van der Waals surface area contributed by atoms with Gasteiger partial charge in [-0.2, -0.15) is 0 Å². The number of fused-ring (bicyclic) bond motifs is 1. The van der Waals surface area contributed by atoms with Crippen molar-refractivity contribution in [3.05, 3.63) is 104 Å². The van der Waals surface area contributed by atoms with E-state index >= 15 is 0 Å². The van der Waals surface area contributed by atoms with E-state index in [9.17, 15) is 9.59 Å². The van der Waals surface area contributed by atoms with E-state index in [2.05, 4.69) is 15.9 Å². The number of aryl methyl sites for hydroxylation is 1. The molecule has 0 bridgehead atoms. The molecule has 5 heteroatoms. The van der Waals surface area contributed by atoms with Crippen LogP contribution in [0.15, 0.2) is 82.1 Å². The van der Waals surface area contributed by atoms with Gasteiger partial charge < -0.3 is 4.74 Å².